The van der Waals surface area contributed by atoms with Crippen molar-refractivity contribution in [2.45, 2.75) is 19.4 Å². The van der Waals surface area contributed by atoms with Crippen LogP contribution in [0.4, 0.5) is 23.0 Å². The lowest BCUT2D eigenvalue weighted by Crippen LogP contribution is -2.26. The second-order valence-electron chi connectivity index (χ2n) is 6.29. The van der Waals surface area contributed by atoms with Crippen molar-refractivity contribution in [2.24, 2.45) is 0 Å². The van der Waals surface area contributed by atoms with E-state index in [1.807, 2.05) is 30.3 Å². The van der Waals surface area contributed by atoms with Gasteiger partial charge in [0.1, 0.15) is 12.0 Å². The van der Waals surface area contributed by atoms with Crippen molar-refractivity contribution in [1.29, 1.82) is 0 Å². The summed E-state index contributed by atoms with van der Waals surface area (Å²) in [6.45, 7) is 1.44. The van der Waals surface area contributed by atoms with Crippen molar-refractivity contribution in [3.63, 3.8) is 0 Å². The van der Waals surface area contributed by atoms with Gasteiger partial charge in [0.15, 0.2) is 11.6 Å². The Morgan fingerprint density at radius 3 is 2.77 bits per heavy atom. The SMILES string of the molecule is Nc1c(NCc2ccccc2Cl)ncnc1N1CCCc2ccccc21. The number of para-hydroxylation sites is 1. The minimum absolute atomic E-state index is 0.552. The number of anilines is 4. The fourth-order valence-electron chi connectivity index (χ4n) is 3.32. The van der Waals surface area contributed by atoms with Crippen molar-refractivity contribution < 1.29 is 0 Å². The zero-order chi connectivity index (χ0) is 17.9. The maximum Gasteiger partial charge on any atom is 0.161 e. The molecule has 0 bridgehead atoms. The zero-order valence-electron chi connectivity index (χ0n) is 14.3. The van der Waals surface area contributed by atoms with Gasteiger partial charge in [-0.05, 0) is 36.1 Å². The Balaban J connectivity index is 1.62. The lowest BCUT2D eigenvalue weighted by molar-refractivity contribution is 0.759. The van der Waals surface area contributed by atoms with Crippen LogP contribution >= 0.6 is 11.6 Å². The first kappa shape index (κ1) is 16.7. The molecule has 0 spiro atoms. The van der Waals surface area contributed by atoms with Crippen LogP contribution < -0.4 is 16.0 Å². The van der Waals surface area contributed by atoms with E-state index in [1.165, 1.54) is 11.3 Å². The summed E-state index contributed by atoms with van der Waals surface area (Å²) in [6, 6.07) is 16.1. The maximum absolute atomic E-state index is 6.41. The summed E-state index contributed by atoms with van der Waals surface area (Å²) in [7, 11) is 0. The van der Waals surface area contributed by atoms with Crippen molar-refractivity contribution in [3.05, 3.63) is 71.0 Å². The smallest absolute Gasteiger partial charge is 0.161 e. The molecule has 4 rings (SSSR count). The van der Waals surface area contributed by atoms with Gasteiger partial charge in [0.25, 0.3) is 0 Å². The van der Waals surface area contributed by atoms with Gasteiger partial charge < -0.3 is 16.0 Å². The topological polar surface area (TPSA) is 67.1 Å². The van der Waals surface area contributed by atoms with Crippen molar-refractivity contribution in [1.82, 2.24) is 9.97 Å². The maximum atomic E-state index is 6.41. The lowest BCUT2D eigenvalue weighted by Gasteiger charge is -2.31. The van der Waals surface area contributed by atoms with Crippen LogP contribution in [0, 0.1) is 0 Å². The van der Waals surface area contributed by atoms with E-state index in [2.05, 4.69) is 38.4 Å². The molecule has 0 radical (unpaired) electrons. The molecule has 3 N–H and O–H groups in total. The summed E-state index contributed by atoms with van der Waals surface area (Å²) in [5, 5.41) is 4.01. The first-order chi connectivity index (χ1) is 12.7. The predicted octanol–water partition coefficient (Wildman–Crippen LogP) is 4.41. The molecule has 1 aromatic heterocycles. The average Bonchev–Trinajstić information content (AvgIpc) is 2.68. The number of aryl methyl sites for hydroxylation is 1. The van der Waals surface area contributed by atoms with Crippen LogP contribution in [0.25, 0.3) is 0 Å². The highest BCUT2D eigenvalue weighted by Crippen LogP contribution is 2.36. The van der Waals surface area contributed by atoms with Gasteiger partial charge in [-0.1, -0.05) is 48.0 Å². The number of benzene rings is 2. The van der Waals surface area contributed by atoms with Gasteiger partial charge in [-0.3, -0.25) is 0 Å². The third kappa shape index (κ3) is 3.18. The lowest BCUT2D eigenvalue weighted by atomic mass is 10.0. The molecule has 1 aliphatic rings. The van der Waals surface area contributed by atoms with E-state index >= 15 is 0 Å². The van der Waals surface area contributed by atoms with Crippen LogP contribution in [0.3, 0.4) is 0 Å². The highest BCUT2D eigenvalue weighted by atomic mass is 35.5. The van der Waals surface area contributed by atoms with E-state index in [-0.39, 0.29) is 0 Å². The number of hydrogen-bond acceptors (Lipinski definition) is 5. The Kier molecular flexibility index (Phi) is 4.63. The minimum Gasteiger partial charge on any atom is -0.393 e. The van der Waals surface area contributed by atoms with Crippen molar-refractivity contribution in [2.75, 3.05) is 22.5 Å². The standard InChI is InChI=1S/C20H20ClN5/c21-16-9-3-1-7-15(16)12-23-19-18(22)20(25-13-24-19)26-11-5-8-14-6-2-4-10-17(14)26/h1-4,6-7,9-10,13H,5,8,11-12,22H2,(H,23,24,25). The average molecular weight is 366 g/mol. The number of nitrogens with one attached hydrogen (secondary N) is 1. The molecule has 132 valence electrons. The third-order valence-electron chi connectivity index (χ3n) is 4.63. The van der Waals surface area contributed by atoms with E-state index in [0.717, 1.165) is 35.8 Å². The number of halogens is 1. The minimum atomic E-state index is 0.552. The Morgan fingerprint density at radius 1 is 1.08 bits per heavy atom. The molecular weight excluding hydrogens is 346 g/mol. The molecule has 2 heterocycles. The summed E-state index contributed by atoms with van der Waals surface area (Å²) < 4.78 is 0. The van der Waals surface area contributed by atoms with Gasteiger partial charge in [0, 0.05) is 23.8 Å². The van der Waals surface area contributed by atoms with Crippen LogP contribution in [-0.4, -0.2) is 16.5 Å². The van der Waals surface area contributed by atoms with Crippen LogP contribution in [0.2, 0.25) is 5.02 Å². The molecule has 0 amide bonds. The second-order valence-corrected chi connectivity index (χ2v) is 6.70. The van der Waals surface area contributed by atoms with Crippen LogP contribution in [0.1, 0.15) is 17.5 Å². The summed E-state index contributed by atoms with van der Waals surface area (Å²) >= 11 is 6.23. The first-order valence-corrected chi connectivity index (χ1v) is 9.05. The molecule has 2 aromatic carbocycles. The number of aromatic nitrogens is 2. The van der Waals surface area contributed by atoms with E-state index in [1.54, 1.807) is 6.33 Å². The monoisotopic (exact) mass is 365 g/mol. The molecule has 0 atom stereocenters. The van der Waals surface area contributed by atoms with Crippen LogP contribution in [-0.2, 0) is 13.0 Å². The quantitative estimate of drug-likeness (QED) is 0.716. The molecule has 0 aliphatic carbocycles. The highest BCUT2D eigenvalue weighted by Gasteiger charge is 2.22. The molecule has 0 saturated carbocycles. The fourth-order valence-corrected chi connectivity index (χ4v) is 3.52. The third-order valence-corrected chi connectivity index (χ3v) is 5.00. The first-order valence-electron chi connectivity index (χ1n) is 8.67. The second kappa shape index (κ2) is 7.22. The molecule has 3 aromatic rings. The fraction of sp³-hybridized carbons (Fsp3) is 0.200. The number of fused-ring (bicyclic) bond motifs is 1. The van der Waals surface area contributed by atoms with E-state index < -0.39 is 0 Å². The highest BCUT2D eigenvalue weighted by molar-refractivity contribution is 6.31. The van der Waals surface area contributed by atoms with Gasteiger partial charge in [0.05, 0.1) is 0 Å². The van der Waals surface area contributed by atoms with E-state index in [0.29, 0.717) is 18.1 Å². The molecule has 26 heavy (non-hydrogen) atoms. The zero-order valence-corrected chi connectivity index (χ0v) is 15.1. The Labute approximate surface area is 157 Å². The Hall–Kier alpha value is -2.79. The van der Waals surface area contributed by atoms with Crippen molar-refractivity contribution in [3.8, 4) is 0 Å². The number of nitrogens with zero attached hydrogens (tertiary/aromatic N) is 3. The molecule has 0 saturated heterocycles. The summed E-state index contributed by atoms with van der Waals surface area (Å²) in [4.78, 5) is 11.0. The largest absolute Gasteiger partial charge is 0.393 e. The number of hydrogen-bond donors (Lipinski definition) is 2. The van der Waals surface area contributed by atoms with E-state index in [4.69, 9.17) is 17.3 Å². The van der Waals surface area contributed by atoms with E-state index in [9.17, 15) is 0 Å². The normalized spacial score (nSPS) is 13.3. The molecule has 6 heteroatoms. The van der Waals surface area contributed by atoms with Gasteiger partial charge in [0.2, 0.25) is 0 Å². The predicted molar refractivity (Wildman–Crippen MR) is 107 cm³/mol. The molecule has 1 aliphatic heterocycles. The number of rotatable bonds is 4. The summed E-state index contributed by atoms with van der Waals surface area (Å²) in [6.07, 6.45) is 3.70. The van der Waals surface area contributed by atoms with Crippen LogP contribution in [0.5, 0.6) is 0 Å². The molecular formula is C20H20ClN5. The van der Waals surface area contributed by atoms with Gasteiger partial charge in [-0.25, -0.2) is 9.97 Å². The van der Waals surface area contributed by atoms with Gasteiger partial charge in [-0.2, -0.15) is 0 Å². The Bertz CT molecular complexity index is 928. The summed E-state index contributed by atoms with van der Waals surface area (Å²) in [5.41, 5.74) is 10.5. The number of nitrogen functional groups attached to an aromatic ring is 1. The van der Waals surface area contributed by atoms with Crippen molar-refractivity contribution >= 4 is 34.6 Å². The Morgan fingerprint density at radius 2 is 1.88 bits per heavy atom. The molecule has 0 unspecified atom stereocenters. The van der Waals surface area contributed by atoms with Crippen LogP contribution in [0.15, 0.2) is 54.9 Å². The number of nitrogens with two attached hydrogens (primary N) is 1. The van der Waals surface area contributed by atoms with Gasteiger partial charge in [-0.15, -0.1) is 0 Å². The molecule has 5 nitrogen and oxygen atoms in total. The van der Waals surface area contributed by atoms with Gasteiger partial charge >= 0.3 is 0 Å². The summed E-state index contributed by atoms with van der Waals surface area (Å²) in [5.74, 6) is 1.37. The molecule has 0 fully saturated rings.